The summed E-state index contributed by atoms with van der Waals surface area (Å²) in [4.78, 5) is 0. The quantitative estimate of drug-likeness (QED) is 0.890. The minimum atomic E-state index is 0.346. The predicted octanol–water partition coefficient (Wildman–Crippen LogP) is 3.73. The largest absolute Gasteiger partial charge is 0.319 e. The fraction of sp³-hybridized carbons (Fsp3) is 0.571. The lowest BCUT2D eigenvalue weighted by atomic mass is 9.73. The molecule has 1 aliphatic rings. The number of likely N-dealkylation sites (N-methyl/N-ethyl adjacent to an activating group) is 1. The summed E-state index contributed by atoms with van der Waals surface area (Å²) in [5, 5.41) is 3.38. The zero-order valence-electron chi connectivity index (χ0n) is 10.1. The van der Waals surface area contributed by atoms with E-state index in [1.54, 1.807) is 0 Å². The Bertz CT molecular complexity index is 364. The van der Waals surface area contributed by atoms with Crippen LogP contribution in [-0.2, 0) is 5.41 Å². The van der Waals surface area contributed by atoms with Gasteiger partial charge in [-0.25, -0.2) is 0 Å². The van der Waals surface area contributed by atoms with E-state index in [4.69, 9.17) is 0 Å². The van der Waals surface area contributed by atoms with Gasteiger partial charge in [0.15, 0.2) is 0 Å². The van der Waals surface area contributed by atoms with E-state index in [0.717, 1.165) is 12.5 Å². The Morgan fingerprint density at radius 1 is 1.50 bits per heavy atom. The van der Waals surface area contributed by atoms with E-state index in [1.807, 2.05) is 0 Å². The average molecular weight is 282 g/mol. The van der Waals surface area contributed by atoms with Gasteiger partial charge < -0.3 is 5.32 Å². The van der Waals surface area contributed by atoms with Gasteiger partial charge in [-0.2, -0.15) is 0 Å². The van der Waals surface area contributed by atoms with Crippen LogP contribution >= 0.6 is 15.9 Å². The Kier molecular flexibility index (Phi) is 3.70. The molecule has 1 aliphatic carbocycles. The maximum Gasteiger partial charge on any atom is 0.0178 e. The fourth-order valence-electron chi connectivity index (χ4n) is 3.15. The Balaban J connectivity index is 2.39. The van der Waals surface area contributed by atoms with Gasteiger partial charge in [0.2, 0.25) is 0 Å². The van der Waals surface area contributed by atoms with Crippen LogP contribution in [0.3, 0.4) is 0 Å². The van der Waals surface area contributed by atoms with E-state index < -0.39 is 0 Å². The first-order valence-electron chi connectivity index (χ1n) is 6.10. The van der Waals surface area contributed by atoms with Gasteiger partial charge in [-0.15, -0.1) is 0 Å². The van der Waals surface area contributed by atoms with Gasteiger partial charge in [0.25, 0.3) is 0 Å². The van der Waals surface area contributed by atoms with Crippen molar-refractivity contribution in [3.8, 4) is 0 Å². The first-order chi connectivity index (χ1) is 7.69. The third-order valence-corrected chi connectivity index (χ3v) is 4.59. The highest BCUT2D eigenvalue weighted by molar-refractivity contribution is 9.10. The monoisotopic (exact) mass is 281 g/mol. The van der Waals surface area contributed by atoms with Gasteiger partial charge in [0, 0.05) is 16.4 Å². The highest BCUT2D eigenvalue weighted by Crippen LogP contribution is 2.45. The van der Waals surface area contributed by atoms with Gasteiger partial charge in [-0.05, 0) is 43.5 Å². The summed E-state index contributed by atoms with van der Waals surface area (Å²) in [6, 6.07) is 8.83. The van der Waals surface area contributed by atoms with Crippen LogP contribution in [0.5, 0.6) is 0 Å². The van der Waals surface area contributed by atoms with Crippen LogP contribution in [0.2, 0.25) is 0 Å². The number of halogens is 1. The summed E-state index contributed by atoms with van der Waals surface area (Å²) in [7, 11) is 2.06. The third kappa shape index (κ3) is 2.05. The predicted molar refractivity (Wildman–Crippen MR) is 72.8 cm³/mol. The number of nitrogens with one attached hydrogen (secondary N) is 1. The Morgan fingerprint density at radius 3 is 2.88 bits per heavy atom. The van der Waals surface area contributed by atoms with Crippen LogP contribution < -0.4 is 5.32 Å². The van der Waals surface area contributed by atoms with Crippen LogP contribution in [0.25, 0.3) is 0 Å². The first kappa shape index (κ1) is 12.1. The molecule has 2 rings (SSSR count). The number of rotatable bonds is 3. The molecular weight excluding hydrogens is 262 g/mol. The van der Waals surface area contributed by atoms with Gasteiger partial charge >= 0.3 is 0 Å². The highest BCUT2D eigenvalue weighted by atomic mass is 79.9. The molecule has 0 radical (unpaired) electrons. The molecule has 2 heteroatoms. The smallest absolute Gasteiger partial charge is 0.0178 e. The van der Waals surface area contributed by atoms with E-state index >= 15 is 0 Å². The van der Waals surface area contributed by atoms with E-state index in [0.29, 0.717) is 5.41 Å². The van der Waals surface area contributed by atoms with Crippen molar-refractivity contribution in [1.82, 2.24) is 5.32 Å². The molecule has 2 unspecified atom stereocenters. The summed E-state index contributed by atoms with van der Waals surface area (Å²) in [6.07, 6.45) is 4.02. The van der Waals surface area contributed by atoms with Gasteiger partial charge in [0.1, 0.15) is 0 Å². The third-order valence-electron chi connectivity index (χ3n) is 4.10. The molecule has 0 heterocycles. The zero-order valence-corrected chi connectivity index (χ0v) is 11.7. The van der Waals surface area contributed by atoms with E-state index in [2.05, 4.69) is 59.5 Å². The second kappa shape index (κ2) is 4.89. The molecule has 1 fully saturated rings. The van der Waals surface area contributed by atoms with E-state index in [-0.39, 0.29) is 0 Å². The second-order valence-corrected chi connectivity index (χ2v) is 5.91. The molecule has 0 amide bonds. The van der Waals surface area contributed by atoms with Crippen molar-refractivity contribution in [2.75, 3.05) is 13.6 Å². The molecule has 0 saturated heterocycles. The molecule has 2 atom stereocenters. The van der Waals surface area contributed by atoms with Crippen molar-refractivity contribution in [1.29, 1.82) is 0 Å². The number of hydrogen-bond acceptors (Lipinski definition) is 1. The Hall–Kier alpha value is -0.340. The summed E-state index contributed by atoms with van der Waals surface area (Å²) in [5.41, 5.74) is 1.83. The van der Waals surface area contributed by atoms with Crippen LogP contribution in [-0.4, -0.2) is 13.6 Å². The second-order valence-electron chi connectivity index (χ2n) is 4.99. The van der Waals surface area contributed by atoms with Crippen molar-refractivity contribution in [2.24, 2.45) is 5.92 Å². The molecule has 1 saturated carbocycles. The van der Waals surface area contributed by atoms with E-state index in [1.165, 1.54) is 29.3 Å². The zero-order chi connectivity index (χ0) is 11.6. The van der Waals surface area contributed by atoms with Crippen LogP contribution in [0.4, 0.5) is 0 Å². The maximum atomic E-state index is 3.58. The van der Waals surface area contributed by atoms with Crippen molar-refractivity contribution in [2.45, 2.75) is 31.6 Å². The summed E-state index contributed by atoms with van der Waals surface area (Å²) < 4.78 is 1.19. The van der Waals surface area contributed by atoms with Crippen molar-refractivity contribution < 1.29 is 0 Å². The standard InChI is InChI=1S/C14H20BrN/c1-11-5-4-8-14(11,10-16-2)12-6-3-7-13(15)9-12/h3,6-7,9,11,16H,4-5,8,10H2,1-2H3. The number of benzene rings is 1. The average Bonchev–Trinajstić information content (AvgIpc) is 2.62. The Morgan fingerprint density at radius 2 is 2.31 bits per heavy atom. The normalized spacial score (nSPS) is 29.6. The highest BCUT2D eigenvalue weighted by Gasteiger charge is 2.40. The van der Waals surface area contributed by atoms with Crippen molar-refractivity contribution >= 4 is 15.9 Å². The molecular formula is C14H20BrN. The SMILES string of the molecule is CNCC1(c2cccc(Br)c2)CCCC1C. The van der Waals surface area contributed by atoms with Gasteiger partial charge in [0.05, 0.1) is 0 Å². The molecule has 0 bridgehead atoms. The molecule has 0 aromatic heterocycles. The summed E-state index contributed by atoms with van der Waals surface area (Å²) in [5.74, 6) is 0.772. The topological polar surface area (TPSA) is 12.0 Å². The van der Waals surface area contributed by atoms with Crippen molar-refractivity contribution in [3.05, 3.63) is 34.3 Å². The Labute approximate surface area is 107 Å². The van der Waals surface area contributed by atoms with E-state index in [9.17, 15) is 0 Å². The van der Waals surface area contributed by atoms with Crippen molar-refractivity contribution in [3.63, 3.8) is 0 Å². The van der Waals surface area contributed by atoms with Gasteiger partial charge in [-0.1, -0.05) is 41.4 Å². The molecule has 0 aliphatic heterocycles. The van der Waals surface area contributed by atoms with Crippen LogP contribution in [0.1, 0.15) is 31.7 Å². The molecule has 1 N–H and O–H groups in total. The lowest BCUT2D eigenvalue weighted by Crippen LogP contribution is -2.39. The maximum absolute atomic E-state index is 3.58. The molecule has 1 aromatic rings. The van der Waals surface area contributed by atoms with Crippen LogP contribution in [0.15, 0.2) is 28.7 Å². The molecule has 1 aromatic carbocycles. The van der Waals surface area contributed by atoms with Crippen LogP contribution in [0, 0.1) is 5.92 Å². The molecule has 0 spiro atoms. The number of hydrogen-bond donors (Lipinski definition) is 1. The summed E-state index contributed by atoms with van der Waals surface area (Å²) in [6.45, 7) is 3.48. The molecule has 1 nitrogen and oxygen atoms in total. The lowest BCUT2D eigenvalue weighted by Gasteiger charge is -2.34. The minimum Gasteiger partial charge on any atom is -0.319 e. The molecule has 88 valence electrons. The lowest BCUT2D eigenvalue weighted by molar-refractivity contribution is 0.326. The first-order valence-corrected chi connectivity index (χ1v) is 6.89. The summed E-state index contributed by atoms with van der Waals surface area (Å²) >= 11 is 3.58. The van der Waals surface area contributed by atoms with Gasteiger partial charge in [-0.3, -0.25) is 0 Å². The molecule has 16 heavy (non-hydrogen) atoms. The fourth-order valence-corrected chi connectivity index (χ4v) is 3.55. The minimum absolute atomic E-state index is 0.346.